The second-order valence-corrected chi connectivity index (χ2v) is 5.25. The normalized spacial score (nSPS) is 10.4. The zero-order valence-electron chi connectivity index (χ0n) is 15.0. The summed E-state index contributed by atoms with van der Waals surface area (Å²) in [6, 6.07) is 11.6. The van der Waals surface area contributed by atoms with Crippen molar-refractivity contribution in [1.29, 1.82) is 0 Å². The van der Waals surface area contributed by atoms with Crippen LogP contribution in [0, 0.1) is 0 Å². The highest BCUT2D eigenvalue weighted by Crippen LogP contribution is 2.27. The summed E-state index contributed by atoms with van der Waals surface area (Å²) in [7, 11) is 1.44. The van der Waals surface area contributed by atoms with E-state index in [9.17, 15) is 9.59 Å². The fourth-order valence-electron chi connectivity index (χ4n) is 2.12. The molecule has 0 unspecified atom stereocenters. The van der Waals surface area contributed by atoms with Crippen molar-refractivity contribution in [2.24, 2.45) is 5.10 Å². The summed E-state index contributed by atoms with van der Waals surface area (Å²) in [6.45, 7) is 1.97. The lowest BCUT2D eigenvalue weighted by Gasteiger charge is -2.09. The number of carbonyl (C=O) groups is 2. The van der Waals surface area contributed by atoms with Gasteiger partial charge in [-0.3, -0.25) is 4.79 Å². The average molecular weight is 372 g/mol. The zero-order chi connectivity index (χ0) is 19.6. The number of benzene rings is 2. The van der Waals surface area contributed by atoms with Crippen molar-refractivity contribution in [2.75, 3.05) is 20.3 Å². The van der Waals surface area contributed by atoms with Crippen molar-refractivity contribution in [3.05, 3.63) is 53.6 Å². The summed E-state index contributed by atoms with van der Waals surface area (Å²) >= 11 is 0. The van der Waals surface area contributed by atoms with Gasteiger partial charge in [-0.2, -0.15) is 5.10 Å². The van der Waals surface area contributed by atoms with Crippen LogP contribution in [0.5, 0.6) is 17.2 Å². The Hall–Kier alpha value is -3.55. The number of hydrogen-bond acceptors (Lipinski definition) is 6. The molecule has 0 saturated carbocycles. The molecule has 2 N–H and O–H groups in total. The second-order valence-electron chi connectivity index (χ2n) is 5.25. The number of amides is 1. The Labute approximate surface area is 156 Å². The number of ether oxygens (including phenoxy) is 3. The van der Waals surface area contributed by atoms with E-state index in [1.165, 1.54) is 13.3 Å². The van der Waals surface area contributed by atoms with E-state index >= 15 is 0 Å². The Kier molecular flexibility index (Phi) is 7.18. The van der Waals surface area contributed by atoms with Crippen LogP contribution in [0.1, 0.15) is 22.8 Å². The summed E-state index contributed by atoms with van der Waals surface area (Å²) in [4.78, 5) is 22.6. The molecule has 2 aromatic rings. The maximum atomic E-state index is 12.1. The smallest absolute Gasteiger partial charge is 0.341 e. The first-order valence-electron chi connectivity index (χ1n) is 8.12. The molecule has 2 rings (SSSR count). The van der Waals surface area contributed by atoms with Crippen molar-refractivity contribution in [3.63, 3.8) is 0 Å². The van der Waals surface area contributed by atoms with Crippen LogP contribution >= 0.6 is 0 Å². The highest BCUT2D eigenvalue weighted by atomic mass is 16.5. The van der Waals surface area contributed by atoms with Gasteiger partial charge in [-0.1, -0.05) is 0 Å². The first-order chi connectivity index (χ1) is 13.0. The molecule has 0 fully saturated rings. The quantitative estimate of drug-likeness (QED) is 0.517. The molecule has 0 heterocycles. The van der Waals surface area contributed by atoms with Crippen LogP contribution in [0.25, 0.3) is 0 Å². The summed E-state index contributed by atoms with van der Waals surface area (Å²) in [6.07, 6.45) is 1.44. The van der Waals surface area contributed by atoms with Crippen molar-refractivity contribution in [3.8, 4) is 17.2 Å². The molecule has 2 aromatic carbocycles. The number of nitrogens with zero attached hydrogens (tertiary/aromatic N) is 1. The van der Waals surface area contributed by atoms with Gasteiger partial charge in [0.25, 0.3) is 5.91 Å². The molecule has 0 spiro atoms. The van der Waals surface area contributed by atoms with Gasteiger partial charge in [-0.15, -0.1) is 0 Å². The van der Waals surface area contributed by atoms with Gasteiger partial charge in [0.05, 0.1) is 19.9 Å². The Bertz CT molecular complexity index is 817. The highest BCUT2D eigenvalue weighted by Gasteiger charge is 2.08. The molecule has 27 heavy (non-hydrogen) atoms. The SMILES string of the molecule is CCOc1ccc(C(=O)N/N=C\c2ccc(OCC(=O)O)c(OC)c2)cc1. The number of nitrogens with one attached hydrogen (secondary N) is 1. The van der Waals surface area contributed by atoms with Crippen LogP contribution in [-0.4, -0.2) is 43.5 Å². The number of hydrazone groups is 1. The summed E-state index contributed by atoms with van der Waals surface area (Å²) in [5.41, 5.74) is 3.52. The first kappa shape index (κ1) is 19.8. The van der Waals surface area contributed by atoms with Crippen molar-refractivity contribution >= 4 is 18.1 Å². The summed E-state index contributed by atoms with van der Waals surface area (Å²) < 4.78 is 15.6. The minimum Gasteiger partial charge on any atom is -0.494 e. The summed E-state index contributed by atoms with van der Waals surface area (Å²) in [5.74, 6) is -0.0919. The van der Waals surface area contributed by atoms with E-state index in [-0.39, 0.29) is 5.91 Å². The lowest BCUT2D eigenvalue weighted by Crippen LogP contribution is -2.17. The van der Waals surface area contributed by atoms with E-state index in [1.807, 2.05) is 6.92 Å². The largest absolute Gasteiger partial charge is 0.494 e. The molecular weight excluding hydrogens is 352 g/mol. The van der Waals surface area contributed by atoms with Gasteiger partial charge in [0, 0.05) is 5.56 Å². The van der Waals surface area contributed by atoms with Gasteiger partial charge in [0.2, 0.25) is 0 Å². The summed E-state index contributed by atoms with van der Waals surface area (Å²) in [5, 5.41) is 12.6. The fraction of sp³-hybridized carbons (Fsp3) is 0.211. The molecule has 0 saturated heterocycles. The van der Waals surface area contributed by atoms with E-state index in [1.54, 1.807) is 42.5 Å². The van der Waals surface area contributed by atoms with E-state index in [0.717, 1.165) is 0 Å². The Morgan fingerprint density at radius 3 is 2.48 bits per heavy atom. The van der Waals surface area contributed by atoms with E-state index in [4.69, 9.17) is 19.3 Å². The molecule has 0 aromatic heterocycles. The molecule has 0 aliphatic carbocycles. The topological polar surface area (TPSA) is 106 Å². The van der Waals surface area contributed by atoms with Gasteiger partial charge >= 0.3 is 5.97 Å². The van der Waals surface area contributed by atoms with Gasteiger partial charge in [-0.05, 0) is 55.0 Å². The molecule has 0 aliphatic rings. The van der Waals surface area contributed by atoms with E-state index in [0.29, 0.717) is 35.0 Å². The molecular formula is C19H20N2O6. The molecule has 0 radical (unpaired) electrons. The van der Waals surface area contributed by atoms with E-state index < -0.39 is 12.6 Å². The molecule has 0 atom stereocenters. The fourth-order valence-corrected chi connectivity index (χ4v) is 2.12. The number of aliphatic carboxylic acids is 1. The number of carboxylic acids is 1. The number of rotatable bonds is 9. The molecule has 0 aliphatic heterocycles. The van der Waals surface area contributed by atoms with Crippen molar-refractivity contribution in [1.82, 2.24) is 5.43 Å². The Balaban J connectivity index is 1.98. The standard InChI is InChI=1S/C19H20N2O6/c1-3-26-15-7-5-14(6-8-15)19(24)21-20-11-13-4-9-16(17(10-13)25-2)27-12-18(22)23/h4-11H,3,12H2,1-2H3,(H,21,24)(H,22,23)/b20-11-. The molecule has 8 nitrogen and oxygen atoms in total. The van der Waals surface area contributed by atoms with Crippen LogP contribution in [0.4, 0.5) is 0 Å². The number of carboxylic acid groups (broad SMARTS) is 1. The second kappa shape index (κ2) is 9.81. The van der Waals surface area contributed by atoms with Crippen LogP contribution in [0.15, 0.2) is 47.6 Å². The van der Waals surface area contributed by atoms with Crippen LogP contribution in [0.2, 0.25) is 0 Å². The minimum absolute atomic E-state index is 0.301. The third-order valence-electron chi connectivity index (χ3n) is 3.35. The number of carbonyl (C=O) groups excluding carboxylic acids is 1. The lowest BCUT2D eigenvalue weighted by atomic mass is 10.2. The van der Waals surface area contributed by atoms with Gasteiger partial charge < -0.3 is 19.3 Å². The number of hydrogen-bond donors (Lipinski definition) is 2. The van der Waals surface area contributed by atoms with Crippen LogP contribution in [0.3, 0.4) is 0 Å². The van der Waals surface area contributed by atoms with Crippen LogP contribution in [-0.2, 0) is 4.79 Å². The van der Waals surface area contributed by atoms with Gasteiger partial charge in [-0.25, -0.2) is 10.2 Å². The van der Waals surface area contributed by atoms with Crippen molar-refractivity contribution < 1.29 is 28.9 Å². The van der Waals surface area contributed by atoms with Gasteiger partial charge in [0.15, 0.2) is 18.1 Å². The third kappa shape index (κ3) is 6.03. The zero-order valence-corrected chi connectivity index (χ0v) is 15.0. The molecule has 8 heteroatoms. The predicted octanol–water partition coefficient (Wildman–Crippen LogP) is 2.32. The highest BCUT2D eigenvalue weighted by molar-refractivity contribution is 5.95. The predicted molar refractivity (Wildman–Crippen MR) is 98.8 cm³/mol. The van der Waals surface area contributed by atoms with Gasteiger partial charge in [0.1, 0.15) is 5.75 Å². The molecule has 1 amide bonds. The van der Waals surface area contributed by atoms with Crippen LogP contribution < -0.4 is 19.6 Å². The third-order valence-corrected chi connectivity index (χ3v) is 3.35. The maximum Gasteiger partial charge on any atom is 0.341 e. The average Bonchev–Trinajstić information content (AvgIpc) is 2.67. The van der Waals surface area contributed by atoms with E-state index in [2.05, 4.69) is 10.5 Å². The number of methoxy groups -OCH3 is 1. The first-order valence-corrected chi connectivity index (χ1v) is 8.12. The lowest BCUT2D eigenvalue weighted by molar-refractivity contribution is -0.139. The van der Waals surface area contributed by atoms with Crippen molar-refractivity contribution in [2.45, 2.75) is 6.92 Å². The Morgan fingerprint density at radius 1 is 1.11 bits per heavy atom. The maximum absolute atomic E-state index is 12.1. The molecule has 0 bridgehead atoms. The monoisotopic (exact) mass is 372 g/mol. The molecule has 142 valence electrons. The minimum atomic E-state index is -1.08. The Morgan fingerprint density at radius 2 is 1.85 bits per heavy atom.